The van der Waals surface area contributed by atoms with E-state index in [4.69, 9.17) is 0 Å². The highest BCUT2D eigenvalue weighted by Crippen LogP contribution is 2.38. The maximum Gasteiger partial charge on any atom is 0.417 e. The molecule has 242 valence electrons. The lowest BCUT2D eigenvalue weighted by Crippen LogP contribution is -2.37. The fourth-order valence-electron chi connectivity index (χ4n) is 5.65. The SMILES string of the molecule is CCC(c1ncc(C(F)(F)F)cc1CN(Cc1cc(C(F)(F)F)cc(C(F)(F)F)c1)c1nnn(C)n1)N(C)C1CCCCC1. The van der Waals surface area contributed by atoms with Crippen LogP contribution in [0.4, 0.5) is 45.5 Å². The van der Waals surface area contributed by atoms with Crippen molar-refractivity contribution in [3.05, 3.63) is 64.0 Å². The van der Waals surface area contributed by atoms with Crippen molar-refractivity contribution in [3.63, 3.8) is 0 Å². The Hall–Kier alpha value is -3.43. The second kappa shape index (κ2) is 12.9. The minimum Gasteiger partial charge on any atom is -0.329 e. The maximum atomic E-state index is 13.8. The number of pyridine rings is 1. The Morgan fingerprint density at radius 1 is 0.841 bits per heavy atom. The Kier molecular flexibility index (Phi) is 9.81. The van der Waals surface area contributed by atoms with E-state index in [0.29, 0.717) is 24.2 Å². The summed E-state index contributed by atoms with van der Waals surface area (Å²) in [5, 5.41) is 11.6. The van der Waals surface area contributed by atoms with E-state index in [1.807, 2.05) is 14.0 Å². The summed E-state index contributed by atoms with van der Waals surface area (Å²) >= 11 is 0. The molecular weight excluding hydrogens is 605 g/mol. The molecule has 1 saturated carbocycles. The van der Waals surface area contributed by atoms with E-state index in [2.05, 4.69) is 25.3 Å². The van der Waals surface area contributed by atoms with Gasteiger partial charge in [0.05, 0.1) is 35.5 Å². The second-order valence-electron chi connectivity index (χ2n) is 11.0. The molecule has 1 aliphatic rings. The number of rotatable bonds is 9. The van der Waals surface area contributed by atoms with Gasteiger partial charge in [-0.2, -0.15) is 44.3 Å². The summed E-state index contributed by atoms with van der Waals surface area (Å²) in [7, 11) is 3.28. The van der Waals surface area contributed by atoms with Crippen LogP contribution in [0.5, 0.6) is 0 Å². The molecule has 1 atom stereocenters. The van der Waals surface area contributed by atoms with Crippen molar-refractivity contribution in [1.82, 2.24) is 30.1 Å². The lowest BCUT2D eigenvalue weighted by atomic mass is 9.91. The van der Waals surface area contributed by atoms with Gasteiger partial charge in [-0.05, 0) is 66.9 Å². The summed E-state index contributed by atoms with van der Waals surface area (Å²) in [5.74, 6) is -0.199. The van der Waals surface area contributed by atoms with Crippen LogP contribution in [0.2, 0.25) is 0 Å². The summed E-state index contributed by atoms with van der Waals surface area (Å²) in [6.07, 6.45) is -8.74. The highest BCUT2D eigenvalue weighted by molar-refractivity contribution is 5.40. The van der Waals surface area contributed by atoms with Gasteiger partial charge in [0.15, 0.2) is 0 Å². The number of anilines is 1. The number of nitrogens with zero attached hydrogens (tertiary/aromatic N) is 7. The third kappa shape index (κ3) is 7.99. The zero-order valence-electron chi connectivity index (χ0n) is 24.2. The number of aromatic nitrogens is 5. The smallest absolute Gasteiger partial charge is 0.329 e. The molecule has 16 heteroatoms. The van der Waals surface area contributed by atoms with Crippen molar-refractivity contribution < 1.29 is 39.5 Å². The van der Waals surface area contributed by atoms with Gasteiger partial charge in [-0.15, -0.1) is 5.10 Å². The molecule has 3 aromatic rings. The van der Waals surface area contributed by atoms with Crippen molar-refractivity contribution in [3.8, 4) is 0 Å². The summed E-state index contributed by atoms with van der Waals surface area (Å²) in [4.78, 5) is 8.54. The van der Waals surface area contributed by atoms with Crippen molar-refractivity contribution in [1.29, 1.82) is 0 Å². The highest BCUT2D eigenvalue weighted by Gasteiger charge is 2.38. The Morgan fingerprint density at radius 3 is 1.93 bits per heavy atom. The number of aryl methyl sites for hydroxylation is 1. The molecule has 0 spiro atoms. The first-order valence-corrected chi connectivity index (χ1v) is 14.0. The molecule has 0 saturated heterocycles. The molecule has 0 amide bonds. The zero-order chi connectivity index (χ0) is 32.4. The molecule has 1 aromatic carbocycles. The molecule has 7 nitrogen and oxygen atoms in total. The average molecular weight is 638 g/mol. The lowest BCUT2D eigenvalue weighted by Gasteiger charge is -2.37. The minimum atomic E-state index is -5.08. The van der Waals surface area contributed by atoms with Crippen molar-refractivity contribution in [2.24, 2.45) is 7.05 Å². The molecule has 1 fully saturated rings. The summed E-state index contributed by atoms with van der Waals surface area (Å²) < 4.78 is 123. The van der Waals surface area contributed by atoms with Crippen molar-refractivity contribution in [2.75, 3.05) is 11.9 Å². The predicted octanol–water partition coefficient (Wildman–Crippen LogP) is 7.58. The monoisotopic (exact) mass is 637 g/mol. The van der Waals surface area contributed by atoms with Gasteiger partial charge in [0.2, 0.25) is 0 Å². The molecular formula is C28H32F9N7. The average Bonchev–Trinajstić information content (AvgIpc) is 3.38. The fourth-order valence-corrected chi connectivity index (χ4v) is 5.65. The van der Waals surface area contributed by atoms with Crippen LogP contribution in [0, 0.1) is 0 Å². The van der Waals surface area contributed by atoms with E-state index in [1.165, 1.54) is 11.9 Å². The molecule has 1 unspecified atom stereocenters. The molecule has 44 heavy (non-hydrogen) atoms. The Labute approximate surface area is 248 Å². The van der Waals surface area contributed by atoms with Gasteiger partial charge in [-0.3, -0.25) is 9.88 Å². The standard InChI is InChI=1S/C28H32F9N7/c1-4-23(42(2)22-8-6-5-7-9-22)24-18(12-21(14-38-24)28(35,36)37)16-44(25-39-41-43(3)40-25)15-17-10-19(26(29,30)31)13-20(11-17)27(32,33)34/h10-14,22-23H,4-9,15-16H2,1-3H3. The molecule has 2 aromatic heterocycles. The molecule has 0 radical (unpaired) electrons. The number of tetrazole rings is 1. The minimum absolute atomic E-state index is 0.0101. The fraction of sp³-hybridized carbons (Fsp3) is 0.571. The van der Waals surface area contributed by atoms with Crippen LogP contribution in [0.1, 0.15) is 85.0 Å². The van der Waals surface area contributed by atoms with Crippen LogP contribution < -0.4 is 4.90 Å². The van der Waals surface area contributed by atoms with E-state index < -0.39 is 59.9 Å². The van der Waals surface area contributed by atoms with Crippen LogP contribution in [0.3, 0.4) is 0 Å². The van der Waals surface area contributed by atoms with Crippen molar-refractivity contribution >= 4 is 5.95 Å². The van der Waals surface area contributed by atoms with E-state index in [9.17, 15) is 39.5 Å². The van der Waals surface area contributed by atoms with Crippen LogP contribution in [0.15, 0.2) is 30.5 Å². The number of alkyl halides is 9. The number of hydrogen-bond acceptors (Lipinski definition) is 6. The van der Waals surface area contributed by atoms with Gasteiger partial charge in [-0.25, -0.2) is 0 Å². The molecule has 0 N–H and O–H groups in total. The van der Waals surface area contributed by atoms with E-state index in [0.717, 1.165) is 49.2 Å². The maximum absolute atomic E-state index is 13.8. The van der Waals surface area contributed by atoms with Crippen LogP contribution in [-0.4, -0.2) is 43.2 Å². The summed E-state index contributed by atoms with van der Waals surface area (Å²) in [5.41, 5.74) is -4.07. The highest BCUT2D eigenvalue weighted by atomic mass is 19.4. The van der Waals surface area contributed by atoms with Gasteiger partial charge < -0.3 is 4.90 Å². The predicted molar refractivity (Wildman–Crippen MR) is 142 cm³/mol. The van der Waals surface area contributed by atoms with Gasteiger partial charge in [0.25, 0.3) is 5.95 Å². The molecule has 0 bridgehead atoms. The third-order valence-corrected chi connectivity index (χ3v) is 7.84. The lowest BCUT2D eigenvalue weighted by molar-refractivity contribution is -0.143. The largest absolute Gasteiger partial charge is 0.417 e. The van der Waals surface area contributed by atoms with Crippen LogP contribution in [-0.2, 0) is 38.7 Å². The second-order valence-corrected chi connectivity index (χ2v) is 11.0. The van der Waals surface area contributed by atoms with Gasteiger partial charge in [0, 0.05) is 25.3 Å². The van der Waals surface area contributed by atoms with Gasteiger partial charge in [-0.1, -0.05) is 31.3 Å². The van der Waals surface area contributed by atoms with Crippen LogP contribution in [0.25, 0.3) is 0 Å². The zero-order valence-corrected chi connectivity index (χ0v) is 24.2. The first-order valence-electron chi connectivity index (χ1n) is 14.0. The normalized spacial score (nSPS) is 16.0. The number of benzene rings is 1. The quantitative estimate of drug-likeness (QED) is 0.226. The van der Waals surface area contributed by atoms with Gasteiger partial charge >= 0.3 is 18.5 Å². The number of hydrogen-bond donors (Lipinski definition) is 0. The third-order valence-electron chi connectivity index (χ3n) is 7.84. The van der Waals surface area contributed by atoms with Gasteiger partial charge in [0.1, 0.15) is 0 Å². The molecule has 1 aliphatic carbocycles. The first-order chi connectivity index (χ1) is 20.5. The Balaban J connectivity index is 1.81. The Morgan fingerprint density at radius 2 is 1.43 bits per heavy atom. The molecule has 4 rings (SSSR count). The molecule has 0 aliphatic heterocycles. The summed E-state index contributed by atoms with van der Waals surface area (Å²) in [6, 6.07) is 1.82. The Bertz CT molecular complexity index is 1380. The van der Waals surface area contributed by atoms with E-state index in [1.54, 1.807) is 0 Å². The summed E-state index contributed by atoms with van der Waals surface area (Å²) in [6.45, 7) is 0.880. The number of halogens is 9. The van der Waals surface area contributed by atoms with E-state index in [-0.39, 0.29) is 23.6 Å². The topological polar surface area (TPSA) is 63.0 Å². The van der Waals surface area contributed by atoms with Crippen molar-refractivity contribution in [2.45, 2.75) is 89.2 Å². The molecule has 2 heterocycles. The van der Waals surface area contributed by atoms with Crippen LogP contribution >= 0.6 is 0 Å². The van der Waals surface area contributed by atoms with E-state index >= 15 is 0 Å². The first kappa shape index (κ1) is 33.5.